The highest BCUT2D eigenvalue weighted by atomic mass is 79.9. The summed E-state index contributed by atoms with van der Waals surface area (Å²) in [4.78, 5) is 0. The Morgan fingerprint density at radius 2 is 2.00 bits per heavy atom. The average molecular weight is 330 g/mol. The molecule has 0 aliphatic heterocycles. The summed E-state index contributed by atoms with van der Waals surface area (Å²) in [5, 5.41) is 3.79. The fourth-order valence-corrected chi connectivity index (χ4v) is 3.74. The van der Waals surface area contributed by atoms with Crippen LogP contribution in [0.4, 0.5) is 0 Å². The van der Waals surface area contributed by atoms with Gasteiger partial charge in [-0.3, -0.25) is 0 Å². The quantitative estimate of drug-likeness (QED) is 0.826. The Balaban J connectivity index is 1.80. The molecule has 1 unspecified atom stereocenters. The van der Waals surface area contributed by atoms with Gasteiger partial charge in [0.2, 0.25) is 0 Å². The molecule has 0 bridgehead atoms. The molecule has 0 saturated heterocycles. The van der Waals surface area contributed by atoms with Crippen molar-refractivity contribution >= 4 is 15.9 Å². The standard InChI is InChI=1S/C18H20BrN/c1-12-7-8-14-9-10-18(16(14)11-12)20-13(2)15-5-3-4-6-17(15)19/h3-8,11,13,18,20H,9-10H2,1-2H3/t13-,18?/m0/s1. The van der Waals surface area contributed by atoms with Crippen molar-refractivity contribution in [2.24, 2.45) is 0 Å². The monoisotopic (exact) mass is 329 g/mol. The van der Waals surface area contributed by atoms with Gasteiger partial charge in [0.1, 0.15) is 0 Å². The van der Waals surface area contributed by atoms with E-state index in [0.29, 0.717) is 12.1 Å². The molecule has 104 valence electrons. The van der Waals surface area contributed by atoms with Crippen LogP contribution in [0, 0.1) is 6.92 Å². The Kier molecular flexibility index (Phi) is 3.95. The lowest BCUT2D eigenvalue weighted by Crippen LogP contribution is -2.23. The molecule has 2 aromatic carbocycles. The van der Waals surface area contributed by atoms with E-state index in [4.69, 9.17) is 0 Å². The van der Waals surface area contributed by atoms with E-state index in [9.17, 15) is 0 Å². The van der Waals surface area contributed by atoms with Crippen LogP contribution < -0.4 is 5.32 Å². The third kappa shape index (κ3) is 2.68. The van der Waals surface area contributed by atoms with Gasteiger partial charge in [-0.05, 0) is 49.4 Å². The molecule has 2 atom stereocenters. The Bertz CT molecular complexity index is 621. The molecule has 1 nitrogen and oxygen atoms in total. The predicted octanol–water partition coefficient (Wildman–Crippen LogP) is 5.10. The summed E-state index contributed by atoms with van der Waals surface area (Å²) in [6.07, 6.45) is 2.39. The highest BCUT2D eigenvalue weighted by molar-refractivity contribution is 9.10. The van der Waals surface area contributed by atoms with E-state index in [1.165, 1.54) is 39.6 Å². The Labute approximate surface area is 129 Å². The SMILES string of the molecule is Cc1ccc2c(c1)C(N[C@@H](C)c1ccccc1Br)CC2. The van der Waals surface area contributed by atoms with Crippen LogP contribution in [0.5, 0.6) is 0 Å². The molecule has 20 heavy (non-hydrogen) atoms. The first-order valence-electron chi connectivity index (χ1n) is 7.25. The smallest absolute Gasteiger partial charge is 0.0331 e. The second-order valence-electron chi connectivity index (χ2n) is 5.70. The van der Waals surface area contributed by atoms with Crippen LogP contribution in [-0.4, -0.2) is 0 Å². The number of fused-ring (bicyclic) bond motifs is 1. The molecule has 0 amide bonds. The fraction of sp³-hybridized carbons (Fsp3) is 0.333. The number of hydrogen-bond acceptors (Lipinski definition) is 1. The summed E-state index contributed by atoms with van der Waals surface area (Å²) in [5.74, 6) is 0. The summed E-state index contributed by atoms with van der Waals surface area (Å²) >= 11 is 3.65. The van der Waals surface area contributed by atoms with E-state index < -0.39 is 0 Å². The highest BCUT2D eigenvalue weighted by Crippen LogP contribution is 2.34. The van der Waals surface area contributed by atoms with E-state index in [-0.39, 0.29) is 0 Å². The van der Waals surface area contributed by atoms with Crippen molar-refractivity contribution < 1.29 is 0 Å². The topological polar surface area (TPSA) is 12.0 Å². The molecule has 0 spiro atoms. The van der Waals surface area contributed by atoms with E-state index >= 15 is 0 Å². The van der Waals surface area contributed by atoms with Crippen molar-refractivity contribution in [2.45, 2.75) is 38.8 Å². The molecular formula is C18H20BrN. The van der Waals surface area contributed by atoms with Crippen molar-refractivity contribution in [3.8, 4) is 0 Å². The zero-order valence-corrected chi connectivity index (χ0v) is 13.6. The van der Waals surface area contributed by atoms with Gasteiger partial charge in [-0.25, -0.2) is 0 Å². The Hall–Kier alpha value is -1.12. The predicted molar refractivity (Wildman–Crippen MR) is 87.9 cm³/mol. The molecule has 2 heteroatoms. The summed E-state index contributed by atoms with van der Waals surface area (Å²) in [7, 11) is 0. The number of halogens is 1. The van der Waals surface area contributed by atoms with Crippen molar-refractivity contribution in [3.63, 3.8) is 0 Å². The van der Waals surface area contributed by atoms with Gasteiger partial charge in [0.05, 0.1) is 0 Å². The molecule has 0 saturated carbocycles. The zero-order valence-electron chi connectivity index (χ0n) is 12.0. The van der Waals surface area contributed by atoms with Crippen LogP contribution >= 0.6 is 15.9 Å². The number of nitrogens with one attached hydrogen (secondary N) is 1. The van der Waals surface area contributed by atoms with Gasteiger partial charge in [0.15, 0.2) is 0 Å². The lowest BCUT2D eigenvalue weighted by atomic mass is 10.0. The minimum absolute atomic E-state index is 0.349. The third-order valence-corrected chi connectivity index (χ3v) is 4.92. The molecule has 0 heterocycles. The first-order chi connectivity index (χ1) is 9.65. The average Bonchev–Trinajstić information content (AvgIpc) is 2.82. The molecule has 1 N–H and O–H groups in total. The van der Waals surface area contributed by atoms with E-state index in [2.05, 4.69) is 77.6 Å². The molecule has 1 aliphatic carbocycles. The number of rotatable bonds is 3. The maximum atomic E-state index is 3.79. The zero-order chi connectivity index (χ0) is 14.1. The van der Waals surface area contributed by atoms with Gasteiger partial charge in [0.25, 0.3) is 0 Å². The van der Waals surface area contributed by atoms with Gasteiger partial charge < -0.3 is 5.32 Å². The van der Waals surface area contributed by atoms with Crippen molar-refractivity contribution in [1.82, 2.24) is 5.32 Å². The van der Waals surface area contributed by atoms with Crippen LogP contribution in [0.15, 0.2) is 46.9 Å². The number of benzene rings is 2. The van der Waals surface area contributed by atoms with Gasteiger partial charge in [-0.2, -0.15) is 0 Å². The fourth-order valence-electron chi connectivity index (χ4n) is 3.11. The number of hydrogen-bond donors (Lipinski definition) is 1. The largest absolute Gasteiger partial charge is 0.303 e. The van der Waals surface area contributed by atoms with Crippen LogP contribution in [0.25, 0.3) is 0 Å². The summed E-state index contributed by atoms with van der Waals surface area (Å²) in [6.45, 7) is 4.42. The molecule has 0 aromatic heterocycles. The molecule has 2 aromatic rings. The van der Waals surface area contributed by atoms with Crippen molar-refractivity contribution in [1.29, 1.82) is 0 Å². The van der Waals surface area contributed by atoms with E-state index in [1.807, 2.05) is 0 Å². The summed E-state index contributed by atoms with van der Waals surface area (Å²) < 4.78 is 1.18. The number of aryl methyl sites for hydroxylation is 2. The summed E-state index contributed by atoms with van der Waals surface area (Å²) in [5.41, 5.74) is 5.68. The molecule has 0 radical (unpaired) electrons. The van der Waals surface area contributed by atoms with Gasteiger partial charge in [0, 0.05) is 16.6 Å². The van der Waals surface area contributed by atoms with Crippen molar-refractivity contribution in [3.05, 3.63) is 69.2 Å². The molecule has 1 aliphatic rings. The normalized spacial score (nSPS) is 18.9. The van der Waals surface area contributed by atoms with Gasteiger partial charge >= 0.3 is 0 Å². The Morgan fingerprint density at radius 3 is 2.80 bits per heavy atom. The minimum atomic E-state index is 0.349. The van der Waals surface area contributed by atoms with E-state index in [1.54, 1.807) is 0 Å². The lowest BCUT2D eigenvalue weighted by Gasteiger charge is -2.22. The summed E-state index contributed by atoms with van der Waals surface area (Å²) in [6, 6.07) is 16.1. The Morgan fingerprint density at radius 1 is 1.20 bits per heavy atom. The van der Waals surface area contributed by atoms with Crippen molar-refractivity contribution in [2.75, 3.05) is 0 Å². The molecule has 0 fully saturated rings. The van der Waals surface area contributed by atoms with Crippen LogP contribution in [-0.2, 0) is 6.42 Å². The third-order valence-electron chi connectivity index (χ3n) is 4.20. The van der Waals surface area contributed by atoms with Crippen LogP contribution in [0.3, 0.4) is 0 Å². The second-order valence-corrected chi connectivity index (χ2v) is 6.56. The lowest BCUT2D eigenvalue weighted by molar-refractivity contribution is 0.464. The van der Waals surface area contributed by atoms with E-state index in [0.717, 1.165) is 0 Å². The maximum Gasteiger partial charge on any atom is 0.0331 e. The first kappa shape index (κ1) is 13.8. The first-order valence-corrected chi connectivity index (χ1v) is 8.04. The van der Waals surface area contributed by atoms with Crippen LogP contribution in [0.1, 0.15) is 47.7 Å². The molecular weight excluding hydrogens is 310 g/mol. The second kappa shape index (κ2) is 5.71. The maximum absolute atomic E-state index is 3.79. The van der Waals surface area contributed by atoms with Gasteiger partial charge in [-0.1, -0.05) is 57.9 Å². The highest BCUT2D eigenvalue weighted by Gasteiger charge is 2.24. The molecule has 3 rings (SSSR count). The van der Waals surface area contributed by atoms with Crippen LogP contribution in [0.2, 0.25) is 0 Å². The van der Waals surface area contributed by atoms with Gasteiger partial charge in [-0.15, -0.1) is 0 Å². The minimum Gasteiger partial charge on any atom is -0.303 e.